The Bertz CT molecular complexity index is 1180. The van der Waals surface area contributed by atoms with Gasteiger partial charge in [0.15, 0.2) is 9.84 Å². The number of halogens is 1. The molecule has 28 heavy (non-hydrogen) atoms. The maximum absolute atomic E-state index is 13.5. The predicted octanol–water partition coefficient (Wildman–Crippen LogP) is 3.78. The molecule has 0 spiro atoms. The van der Waals surface area contributed by atoms with E-state index in [4.69, 9.17) is 4.74 Å². The summed E-state index contributed by atoms with van der Waals surface area (Å²) in [4.78, 5) is 12.7. The molecule has 0 bridgehead atoms. The summed E-state index contributed by atoms with van der Waals surface area (Å²) in [6.07, 6.45) is 2.94. The number of amides is 1. The number of allylic oxidation sites excluding steroid dienone is 1. The molecule has 1 N–H and O–H groups in total. The second-order valence-electron chi connectivity index (χ2n) is 7.35. The lowest BCUT2D eigenvalue weighted by Gasteiger charge is -2.23. The first-order valence-electron chi connectivity index (χ1n) is 8.63. The standard InChI is InChI=1S/C21H18FNO4S/c1-21(2)16(12-4-7-14(8-5-12)28(3,25)26)11-18(27-21)19-15-9-6-13(22)10-17(15)23-20(19)24/h4-11H,1-3H3,(H,23,24)/b19-18+. The Hall–Kier alpha value is -2.93. The molecule has 0 saturated carbocycles. The zero-order valence-corrected chi connectivity index (χ0v) is 16.4. The number of benzene rings is 2. The summed E-state index contributed by atoms with van der Waals surface area (Å²) >= 11 is 0. The molecule has 2 aliphatic heterocycles. The van der Waals surface area contributed by atoms with Crippen molar-refractivity contribution >= 4 is 32.6 Å². The number of carbonyl (C=O) groups excluding carboxylic acids is 1. The lowest BCUT2D eigenvalue weighted by atomic mass is 9.92. The van der Waals surface area contributed by atoms with Crippen molar-refractivity contribution in [3.05, 3.63) is 71.2 Å². The van der Waals surface area contributed by atoms with Crippen LogP contribution in [0.25, 0.3) is 11.1 Å². The number of hydrogen-bond donors (Lipinski definition) is 1. The summed E-state index contributed by atoms with van der Waals surface area (Å²) < 4.78 is 42.9. The topological polar surface area (TPSA) is 72.5 Å². The summed E-state index contributed by atoms with van der Waals surface area (Å²) in [7, 11) is -3.28. The van der Waals surface area contributed by atoms with E-state index in [1.165, 1.54) is 12.1 Å². The molecule has 2 heterocycles. The van der Waals surface area contributed by atoms with Crippen LogP contribution < -0.4 is 5.32 Å². The lowest BCUT2D eigenvalue weighted by Crippen LogP contribution is -2.21. The van der Waals surface area contributed by atoms with Crippen molar-refractivity contribution in [1.82, 2.24) is 0 Å². The van der Waals surface area contributed by atoms with Gasteiger partial charge in [-0.05, 0) is 55.8 Å². The van der Waals surface area contributed by atoms with Gasteiger partial charge < -0.3 is 10.1 Å². The summed E-state index contributed by atoms with van der Waals surface area (Å²) in [6.45, 7) is 3.74. The van der Waals surface area contributed by atoms with Gasteiger partial charge in [-0.2, -0.15) is 0 Å². The van der Waals surface area contributed by atoms with Crippen molar-refractivity contribution < 1.29 is 22.3 Å². The SMILES string of the molecule is CC1(C)O/C(=C2/C(=O)Nc3cc(F)ccc32)C=C1c1ccc(S(C)(=O)=O)cc1. The molecule has 0 unspecified atom stereocenters. The number of nitrogens with one attached hydrogen (secondary N) is 1. The van der Waals surface area contributed by atoms with Crippen LogP contribution in [0.3, 0.4) is 0 Å². The van der Waals surface area contributed by atoms with Crippen LogP contribution in [-0.2, 0) is 19.4 Å². The predicted molar refractivity (Wildman–Crippen MR) is 105 cm³/mol. The highest BCUT2D eigenvalue weighted by molar-refractivity contribution is 7.90. The van der Waals surface area contributed by atoms with Crippen molar-refractivity contribution in [2.24, 2.45) is 0 Å². The van der Waals surface area contributed by atoms with Crippen LogP contribution in [-0.4, -0.2) is 26.2 Å². The normalized spacial score (nSPS) is 20.4. The molecule has 4 rings (SSSR count). The van der Waals surface area contributed by atoms with Crippen molar-refractivity contribution in [1.29, 1.82) is 0 Å². The molecule has 0 saturated heterocycles. The second kappa shape index (κ2) is 6.04. The quantitative estimate of drug-likeness (QED) is 0.780. The summed E-state index contributed by atoms with van der Waals surface area (Å²) in [5, 5.41) is 2.66. The van der Waals surface area contributed by atoms with Gasteiger partial charge in [0.05, 0.1) is 16.2 Å². The second-order valence-corrected chi connectivity index (χ2v) is 9.37. The van der Waals surface area contributed by atoms with Crippen molar-refractivity contribution in [3.63, 3.8) is 0 Å². The number of carbonyl (C=O) groups is 1. The highest BCUT2D eigenvalue weighted by Crippen LogP contribution is 2.44. The van der Waals surface area contributed by atoms with Gasteiger partial charge in [0.1, 0.15) is 17.2 Å². The third-order valence-electron chi connectivity index (χ3n) is 4.86. The highest BCUT2D eigenvalue weighted by Gasteiger charge is 2.38. The Morgan fingerprint density at radius 3 is 2.39 bits per heavy atom. The Labute approximate surface area is 162 Å². The van der Waals surface area contributed by atoms with E-state index >= 15 is 0 Å². The summed E-state index contributed by atoms with van der Waals surface area (Å²) in [5.74, 6) is -0.383. The highest BCUT2D eigenvalue weighted by atomic mass is 32.2. The maximum atomic E-state index is 13.5. The molecule has 7 heteroatoms. The maximum Gasteiger partial charge on any atom is 0.260 e. The minimum Gasteiger partial charge on any atom is -0.482 e. The smallest absolute Gasteiger partial charge is 0.260 e. The van der Waals surface area contributed by atoms with Gasteiger partial charge in [-0.1, -0.05) is 12.1 Å². The molecule has 2 aromatic carbocycles. The van der Waals surface area contributed by atoms with E-state index in [0.29, 0.717) is 22.6 Å². The van der Waals surface area contributed by atoms with Gasteiger partial charge in [-0.15, -0.1) is 0 Å². The molecule has 144 valence electrons. The number of anilines is 1. The third kappa shape index (κ3) is 3.01. The molecule has 2 aromatic rings. The number of ether oxygens (including phenoxy) is 1. The van der Waals surface area contributed by atoms with E-state index < -0.39 is 21.3 Å². The molecule has 0 aromatic heterocycles. The molecule has 0 radical (unpaired) electrons. The van der Waals surface area contributed by atoms with Crippen molar-refractivity contribution in [2.75, 3.05) is 11.6 Å². The van der Waals surface area contributed by atoms with Crippen LogP contribution >= 0.6 is 0 Å². The van der Waals surface area contributed by atoms with Crippen LogP contribution in [0.5, 0.6) is 0 Å². The molecule has 0 atom stereocenters. The first kappa shape index (κ1) is 18.4. The molecule has 2 aliphatic rings. The Kier molecular flexibility index (Phi) is 3.97. The number of fused-ring (bicyclic) bond motifs is 1. The Morgan fingerprint density at radius 1 is 1.07 bits per heavy atom. The monoisotopic (exact) mass is 399 g/mol. The molecule has 0 aliphatic carbocycles. The van der Waals surface area contributed by atoms with Gasteiger partial charge in [0, 0.05) is 17.4 Å². The van der Waals surface area contributed by atoms with Gasteiger partial charge in [0.2, 0.25) is 0 Å². The zero-order chi connectivity index (χ0) is 20.3. The molecular weight excluding hydrogens is 381 g/mol. The van der Waals surface area contributed by atoms with Crippen LogP contribution in [0.2, 0.25) is 0 Å². The largest absolute Gasteiger partial charge is 0.482 e. The van der Waals surface area contributed by atoms with E-state index in [1.807, 2.05) is 13.8 Å². The number of hydrogen-bond acceptors (Lipinski definition) is 4. The van der Waals surface area contributed by atoms with Crippen LogP contribution in [0.4, 0.5) is 10.1 Å². The van der Waals surface area contributed by atoms with Crippen molar-refractivity contribution in [3.8, 4) is 0 Å². The third-order valence-corrected chi connectivity index (χ3v) is 5.98. The Balaban J connectivity index is 1.82. The summed E-state index contributed by atoms with van der Waals surface area (Å²) in [6, 6.07) is 10.7. The van der Waals surface area contributed by atoms with Gasteiger partial charge in [-0.3, -0.25) is 4.79 Å². The molecular formula is C21H18FNO4S. The van der Waals surface area contributed by atoms with Crippen molar-refractivity contribution in [2.45, 2.75) is 24.3 Å². The van der Waals surface area contributed by atoms with Crippen LogP contribution in [0.15, 0.2) is 59.2 Å². The fraction of sp³-hybridized carbons (Fsp3) is 0.190. The fourth-order valence-electron chi connectivity index (χ4n) is 3.49. The van der Waals surface area contributed by atoms with E-state index in [0.717, 1.165) is 17.4 Å². The average Bonchev–Trinajstić information content (AvgIpc) is 3.08. The number of sulfone groups is 1. The zero-order valence-electron chi connectivity index (χ0n) is 15.5. The first-order valence-corrected chi connectivity index (χ1v) is 10.5. The van der Waals surface area contributed by atoms with E-state index in [-0.39, 0.29) is 10.8 Å². The first-order chi connectivity index (χ1) is 13.1. The van der Waals surface area contributed by atoms with E-state index in [9.17, 15) is 17.6 Å². The minimum atomic E-state index is -3.28. The summed E-state index contributed by atoms with van der Waals surface area (Å²) in [5.41, 5.74) is 2.24. The molecule has 0 fully saturated rings. The number of rotatable bonds is 2. The average molecular weight is 399 g/mol. The molecule has 5 nitrogen and oxygen atoms in total. The van der Waals surface area contributed by atoms with E-state index in [2.05, 4.69) is 5.32 Å². The minimum absolute atomic E-state index is 0.235. The molecule has 1 amide bonds. The fourth-order valence-corrected chi connectivity index (χ4v) is 4.12. The van der Waals surface area contributed by atoms with Crippen LogP contribution in [0.1, 0.15) is 25.0 Å². The van der Waals surface area contributed by atoms with Gasteiger partial charge >= 0.3 is 0 Å². The lowest BCUT2D eigenvalue weighted by molar-refractivity contribution is -0.111. The Morgan fingerprint density at radius 2 is 1.75 bits per heavy atom. The van der Waals surface area contributed by atoms with Gasteiger partial charge in [0.25, 0.3) is 5.91 Å². The van der Waals surface area contributed by atoms with Gasteiger partial charge in [-0.25, -0.2) is 12.8 Å². The van der Waals surface area contributed by atoms with E-state index in [1.54, 1.807) is 36.4 Å². The van der Waals surface area contributed by atoms with Crippen LogP contribution in [0, 0.1) is 5.82 Å².